The Bertz CT molecular complexity index is 912. The molecule has 0 bridgehead atoms. The summed E-state index contributed by atoms with van der Waals surface area (Å²) in [5.74, 6) is 1.42. The smallest absolute Gasteiger partial charge is 0.241 e. The van der Waals surface area contributed by atoms with Crippen LogP contribution in [0.2, 0.25) is 5.02 Å². The first-order valence-electron chi connectivity index (χ1n) is 7.43. The Kier molecular flexibility index (Phi) is 3.87. The first-order chi connectivity index (χ1) is 12.2. The second-order valence-electron chi connectivity index (χ2n) is 5.21. The highest BCUT2D eigenvalue weighted by Gasteiger charge is 2.14. The zero-order valence-corrected chi connectivity index (χ0v) is 14.0. The van der Waals surface area contributed by atoms with E-state index < -0.39 is 0 Å². The molecule has 0 saturated heterocycles. The second-order valence-corrected chi connectivity index (χ2v) is 5.65. The molecule has 0 aliphatic rings. The van der Waals surface area contributed by atoms with Gasteiger partial charge in [-0.2, -0.15) is 15.0 Å². The van der Waals surface area contributed by atoms with Crippen LogP contribution in [0, 0.1) is 0 Å². The number of hydrogen-bond donors (Lipinski definition) is 0. The highest BCUT2D eigenvalue weighted by atomic mass is 35.5. The lowest BCUT2D eigenvalue weighted by Gasteiger charge is -2.18. The fourth-order valence-electron chi connectivity index (χ4n) is 2.26. The van der Waals surface area contributed by atoms with Crippen LogP contribution in [0.5, 0.6) is 0 Å². The number of halogens is 1. The number of anilines is 2. The standard InChI is InChI=1S/C16H13ClN8/c1-23(13-4-2-12(17)3-5-13)14-20-15(24-8-6-18-10-24)22-16(21-14)25-9-7-19-11-25/h2-11H,1H3. The van der Waals surface area contributed by atoms with Gasteiger partial charge in [0.15, 0.2) is 0 Å². The van der Waals surface area contributed by atoms with Crippen molar-refractivity contribution in [2.45, 2.75) is 0 Å². The maximum absolute atomic E-state index is 5.97. The number of nitrogens with zero attached hydrogens (tertiary/aromatic N) is 8. The molecule has 0 N–H and O–H groups in total. The number of hydrogen-bond acceptors (Lipinski definition) is 6. The Hall–Kier alpha value is -3.26. The van der Waals surface area contributed by atoms with Crippen molar-refractivity contribution in [2.75, 3.05) is 11.9 Å². The zero-order valence-electron chi connectivity index (χ0n) is 13.2. The SMILES string of the molecule is CN(c1ccc(Cl)cc1)c1nc(-n2ccnc2)nc(-n2ccnc2)n1. The van der Waals surface area contributed by atoms with Crippen molar-refractivity contribution in [3.8, 4) is 11.9 Å². The minimum absolute atomic E-state index is 0.465. The van der Waals surface area contributed by atoms with Gasteiger partial charge in [-0.05, 0) is 24.3 Å². The average molecular weight is 353 g/mol. The van der Waals surface area contributed by atoms with Gasteiger partial charge in [0.05, 0.1) is 0 Å². The molecule has 3 heterocycles. The molecule has 9 heteroatoms. The van der Waals surface area contributed by atoms with Gasteiger partial charge in [-0.15, -0.1) is 0 Å². The van der Waals surface area contributed by atoms with Crippen LogP contribution in [0.4, 0.5) is 11.6 Å². The van der Waals surface area contributed by atoms with Crippen LogP contribution in [0.1, 0.15) is 0 Å². The van der Waals surface area contributed by atoms with Crippen molar-refractivity contribution in [1.29, 1.82) is 0 Å². The summed E-state index contributed by atoms with van der Waals surface area (Å²) in [6.07, 6.45) is 10.2. The van der Waals surface area contributed by atoms with Crippen LogP contribution < -0.4 is 4.90 Å². The van der Waals surface area contributed by atoms with E-state index in [1.54, 1.807) is 46.6 Å². The van der Waals surface area contributed by atoms with E-state index in [1.807, 2.05) is 36.2 Å². The molecule has 1 aromatic carbocycles. The Morgan fingerprint density at radius 3 is 1.88 bits per heavy atom. The van der Waals surface area contributed by atoms with E-state index in [0.29, 0.717) is 22.9 Å². The Morgan fingerprint density at radius 2 is 1.40 bits per heavy atom. The minimum atomic E-state index is 0.465. The first-order valence-corrected chi connectivity index (χ1v) is 7.80. The molecule has 4 rings (SSSR count). The van der Waals surface area contributed by atoms with E-state index in [-0.39, 0.29) is 0 Å². The molecule has 0 amide bonds. The summed E-state index contributed by atoms with van der Waals surface area (Å²) in [7, 11) is 1.88. The van der Waals surface area contributed by atoms with E-state index in [4.69, 9.17) is 11.6 Å². The van der Waals surface area contributed by atoms with E-state index in [0.717, 1.165) is 5.69 Å². The Balaban J connectivity index is 1.82. The van der Waals surface area contributed by atoms with Gasteiger partial charge in [0.1, 0.15) is 12.7 Å². The van der Waals surface area contributed by atoms with Gasteiger partial charge in [-0.3, -0.25) is 9.13 Å². The molecule has 0 spiro atoms. The summed E-state index contributed by atoms with van der Waals surface area (Å²) in [5, 5.41) is 0.672. The minimum Gasteiger partial charge on any atom is -0.313 e. The summed E-state index contributed by atoms with van der Waals surface area (Å²) in [6, 6.07) is 7.45. The first kappa shape index (κ1) is 15.3. The second kappa shape index (κ2) is 6.33. The summed E-state index contributed by atoms with van der Waals surface area (Å²) in [4.78, 5) is 23.5. The van der Waals surface area contributed by atoms with Crippen LogP contribution >= 0.6 is 11.6 Å². The normalized spacial score (nSPS) is 10.8. The summed E-state index contributed by atoms with van der Waals surface area (Å²) in [5.41, 5.74) is 0.906. The van der Waals surface area contributed by atoms with Crippen LogP contribution in [-0.4, -0.2) is 41.1 Å². The van der Waals surface area contributed by atoms with Gasteiger partial charge in [0.2, 0.25) is 17.8 Å². The molecule has 124 valence electrons. The molecule has 4 aromatic rings. The van der Waals surface area contributed by atoms with Crippen LogP contribution in [0.25, 0.3) is 11.9 Å². The molecule has 0 unspecified atom stereocenters. The van der Waals surface area contributed by atoms with Crippen molar-refractivity contribution >= 4 is 23.2 Å². The predicted molar refractivity (Wildman–Crippen MR) is 93.6 cm³/mol. The number of aromatic nitrogens is 7. The molecule has 0 radical (unpaired) electrons. The van der Waals surface area contributed by atoms with Crippen molar-refractivity contribution in [1.82, 2.24) is 34.1 Å². The molecule has 0 atom stereocenters. The highest BCUT2D eigenvalue weighted by molar-refractivity contribution is 6.30. The van der Waals surface area contributed by atoms with E-state index in [1.165, 1.54) is 0 Å². The molecular formula is C16H13ClN8. The Morgan fingerprint density at radius 1 is 0.840 bits per heavy atom. The highest BCUT2D eigenvalue weighted by Crippen LogP contribution is 2.23. The maximum atomic E-state index is 5.97. The Labute approximate surface area is 148 Å². The lowest BCUT2D eigenvalue weighted by molar-refractivity contribution is 0.828. The summed E-state index contributed by atoms with van der Waals surface area (Å²) < 4.78 is 3.45. The van der Waals surface area contributed by atoms with E-state index in [2.05, 4.69) is 24.9 Å². The summed E-state index contributed by atoms with van der Waals surface area (Å²) in [6.45, 7) is 0. The molecular weight excluding hydrogens is 340 g/mol. The molecule has 0 saturated carbocycles. The third-order valence-corrected chi connectivity index (χ3v) is 3.84. The molecule has 25 heavy (non-hydrogen) atoms. The van der Waals surface area contributed by atoms with Crippen LogP contribution in [0.15, 0.2) is 61.7 Å². The average Bonchev–Trinajstić information content (AvgIpc) is 3.35. The topological polar surface area (TPSA) is 77.5 Å². The fourth-order valence-corrected chi connectivity index (χ4v) is 2.39. The lowest BCUT2D eigenvalue weighted by atomic mass is 10.3. The van der Waals surface area contributed by atoms with Crippen molar-refractivity contribution in [2.24, 2.45) is 0 Å². The molecule has 3 aromatic heterocycles. The monoisotopic (exact) mass is 352 g/mol. The quantitative estimate of drug-likeness (QED) is 0.562. The largest absolute Gasteiger partial charge is 0.313 e. The third-order valence-electron chi connectivity index (χ3n) is 3.58. The molecule has 0 fully saturated rings. The van der Waals surface area contributed by atoms with Crippen molar-refractivity contribution in [3.05, 3.63) is 66.7 Å². The van der Waals surface area contributed by atoms with Gasteiger partial charge in [0.25, 0.3) is 0 Å². The maximum Gasteiger partial charge on any atom is 0.241 e. The van der Waals surface area contributed by atoms with E-state index >= 15 is 0 Å². The van der Waals surface area contributed by atoms with Gasteiger partial charge >= 0.3 is 0 Å². The van der Waals surface area contributed by atoms with Crippen molar-refractivity contribution in [3.63, 3.8) is 0 Å². The predicted octanol–water partition coefficient (Wildman–Crippen LogP) is 2.66. The number of benzene rings is 1. The molecule has 0 aliphatic heterocycles. The van der Waals surface area contributed by atoms with Crippen LogP contribution in [-0.2, 0) is 0 Å². The lowest BCUT2D eigenvalue weighted by Crippen LogP contribution is -2.17. The van der Waals surface area contributed by atoms with E-state index in [9.17, 15) is 0 Å². The van der Waals surface area contributed by atoms with Crippen molar-refractivity contribution < 1.29 is 0 Å². The molecule has 8 nitrogen and oxygen atoms in total. The molecule has 0 aliphatic carbocycles. The van der Waals surface area contributed by atoms with Gasteiger partial charge in [-0.1, -0.05) is 11.6 Å². The third kappa shape index (κ3) is 3.07. The van der Waals surface area contributed by atoms with Gasteiger partial charge < -0.3 is 4.90 Å². The van der Waals surface area contributed by atoms with Gasteiger partial charge in [-0.25, -0.2) is 9.97 Å². The summed E-state index contributed by atoms with van der Waals surface area (Å²) >= 11 is 5.97. The number of imidazole rings is 2. The van der Waals surface area contributed by atoms with Gasteiger partial charge in [0, 0.05) is 42.5 Å². The van der Waals surface area contributed by atoms with Crippen LogP contribution in [0.3, 0.4) is 0 Å². The zero-order chi connectivity index (χ0) is 17.2. The number of rotatable bonds is 4. The fraction of sp³-hybridized carbons (Fsp3) is 0.0625.